The van der Waals surface area contributed by atoms with Gasteiger partial charge in [0.2, 0.25) is 5.91 Å². The normalized spacial score (nSPS) is 10.3. The molecular weight excluding hydrogens is 390 g/mol. The Labute approximate surface area is 171 Å². The molecule has 0 aromatic heterocycles. The number of ether oxygens (including phenoxy) is 1. The molecule has 9 nitrogen and oxygen atoms in total. The summed E-state index contributed by atoms with van der Waals surface area (Å²) in [6.07, 6.45) is -0.291. The minimum Gasteiger partial charge on any atom is -0.489 e. The van der Waals surface area contributed by atoms with Crippen LogP contribution in [0.5, 0.6) is 5.75 Å². The highest BCUT2D eigenvalue weighted by Gasteiger charge is 2.21. The van der Waals surface area contributed by atoms with E-state index in [2.05, 4.69) is 5.32 Å². The van der Waals surface area contributed by atoms with Gasteiger partial charge in [0, 0.05) is 17.3 Å². The number of amides is 1. The largest absolute Gasteiger partial charge is 0.489 e. The number of hydrogen-bond donors (Lipinski definition) is 1. The summed E-state index contributed by atoms with van der Waals surface area (Å²) in [6.45, 7) is 0.413. The molecule has 0 unspecified atom stereocenters. The molecule has 0 aliphatic carbocycles. The zero-order valence-corrected chi connectivity index (χ0v) is 15.7. The average molecular weight is 407 g/mol. The molecule has 3 rings (SSSR count). The highest BCUT2D eigenvalue weighted by molar-refractivity contribution is 5.92. The molecule has 1 N–H and O–H groups in total. The van der Waals surface area contributed by atoms with E-state index in [9.17, 15) is 25.0 Å². The first-order valence-corrected chi connectivity index (χ1v) is 8.91. The van der Waals surface area contributed by atoms with Crippen molar-refractivity contribution in [2.45, 2.75) is 13.0 Å². The number of nitrogens with one attached hydrogen (secondary N) is 1. The van der Waals surface area contributed by atoms with Gasteiger partial charge in [-0.1, -0.05) is 30.3 Å². The topological polar surface area (TPSA) is 125 Å². The summed E-state index contributed by atoms with van der Waals surface area (Å²) in [5.41, 5.74) is 0.739. The van der Waals surface area contributed by atoms with Crippen LogP contribution in [-0.4, -0.2) is 15.8 Å². The fraction of sp³-hybridized carbons (Fsp3) is 0.0952. The van der Waals surface area contributed by atoms with Gasteiger partial charge in [0.15, 0.2) is 0 Å². The molecule has 0 heterocycles. The first-order valence-electron chi connectivity index (χ1n) is 8.91. The van der Waals surface area contributed by atoms with E-state index in [-0.39, 0.29) is 12.0 Å². The third-order valence-electron chi connectivity index (χ3n) is 4.21. The van der Waals surface area contributed by atoms with Crippen molar-refractivity contribution in [1.29, 1.82) is 0 Å². The Balaban J connectivity index is 1.61. The third kappa shape index (κ3) is 5.38. The molecule has 0 aliphatic rings. The van der Waals surface area contributed by atoms with E-state index in [4.69, 9.17) is 4.74 Å². The van der Waals surface area contributed by atoms with E-state index in [1.165, 1.54) is 6.07 Å². The van der Waals surface area contributed by atoms with Gasteiger partial charge in [-0.15, -0.1) is 0 Å². The van der Waals surface area contributed by atoms with Crippen LogP contribution in [0.2, 0.25) is 0 Å². The average Bonchev–Trinajstić information content (AvgIpc) is 2.74. The number of carbonyl (C=O) groups is 1. The van der Waals surface area contributed by atoms with Crippen molar-refractivity contribution >= 4 is 23.0 Å². The summed E-state index contributed by atoms with van der Waals surface area (Å²) in [4.78, 5) is 32.8. The maximum absolute atomic E-state index is 12.3. The second-order valence-corrected chi connectivity index (χ2v) is 6.35. The summed E-state index contributed by atoms with van der Waals surface area (Å²) < 4.78 is 5.68. The standard InChI is InChI=1S/C21H17N3O6/c25-21(12-16-6-9-18(23(26)27)13-20(16)24(28)29)22-17-7-10-19(11-8-17)30-14-15-4-2-1-3-5-15/h1-11,13H,12,14H2,(H,22,25). The first-order chi connectivity index (χ1) is 14.4. The van der Waals surface area contributed by atoms with E-state index in [1.54, 1.807) is 24.3 Å². The zero-order chi connectivity index (χ0) is 21.5. The molecule has 0 saturated heterocycles. The van der Waals surface area contributed by atoms with Crippen molar-refractivity contribution in [2.24, 2.45) is 0 Å². The minimum atomic E-state index is -0.742. The van der Waals surface area contributed by atoms with Gasteiger partial charge in [0.05, 0.1) is 22.3 Å². The Kier molecular flexibility index (Phi) is 6.33. The molecule has 0 saturated carbocycles. The Morgan fingerprint density at radius 1 is 0.900 bits per heavy atom. The molecule has 9 heteroatoms. The Bertz CT molecular complexity index is 1070. The molecule has 0 fully saturated rings. The summed E-state index contributed by atoms with van der Waals surface area (Å²) in [5, 5.41) is 24.6. The lowest BCUT2D eigenvalue weighted by Crippen LogP contribution is -2.15. The lowest BCUT2D eigenvalue weighted by atomic mass is 10.1. The van der Waals surface area contributed by atoms with Crippen molar-refractivity contribution in [3.8, 4) is 5.75 Å². The van der Waals surface area contributed by atoms with Gasteiger partial charge in [-0.2, -0.15) is 0 Å². The maximum atomic E-state index is 12.3. The van der Waals surface area contributed by atoms with Crippen molar-refractivity contribution in [1.82, 2.24) is 0 Å². The van der Waals surface area contributed by atoms with Crippen LogP contribution in [0.25, 0.3) is 0 Å². The van der Waals surface area contributed by atoms with Crippen LogP contribution in [0.3, 0.4) is 0 Å². The van der Waals surface area contributed by atoms with Crippen LogP contribution < -0.4 is 10.1 Å². The molecule has 0 atom stereocenters. The van der Waals surface area contributed by atoms with Gasteiger partial charge in [-0.25, -0.2) is 0 Å². The summed E-state index contributed by atoms with van der Waals surface area (Å²) in [6, 6.07) is 19.6. The molecule has 0 radical (unpaired) electrons. The summed E-state index contributed by atoms with van der Waals surface area (Å²) in [5.74, 6) is 0.146. The predicted molar refractivity (Wildman–Crippen MR) is 109 cm³/mol. The summed E-state index contributed by atoms with van der Waals surface area (Å²) >= 11 is 0. The number of benzene rings is 3. The number of rotatable bonds is 8. The molecule has 0 spiro atoms. The number of nitrogens with zero attached hydrogens (tertiary/aromatic N) is 2. The van der Waals surface area contributed by atoms with E-state index >= 15 is 0 Å². The maximum Gasteiger partial charge on any atom is 0.279 e. The highest BCUT2D eigenvalue weighted by atomic mass is 16.6. The van der Waals surface area contributed by atoms with E-state index < -0.39 is 27.1 Å². The van der Waals surface area contributed by atoms with Crippen LogP contribution in [0.15, 0.2) is 72.8 Å². The molecule has 3 aromatic carbocycles. The second kappa shape index (κ2) is 9.28. The molecule has 0 bridgehead atoms. The van der Waals surface area contributed by atoms with E-state index in [0.717, 1.165) is 17.7 Å². The predicted octanol–water partition coefficient (Wildman–Crippen LogP) is 4.26. The van der Waals surface area contributed by atoms with Gasteiger partial charge in [-0.05, 0) is 35.9 Å². The molecule has 1 amide bonds. The van der Waals surface area contributed by atoms with Gasteiger partial charge in [0.25, 0.3) is 11.4 Å². The number of non-ortho nitro benzene ring substituents is 1. The Hall–Kier alpha value is -4.27. The number of carbonyl (C=O) groups excluding carboxylic acids is 1. The lowest BCUT2D eigenvalue weighted by Gasteiger charge is -2.09. The molecule has 152 valence electrons. The van der Waals surface area contributed by atoms with E-state index in [0.29, 0.717) is 18.0 Å². The van der Waals surface area contributed by atoms with Crippen molar-refractivity contribution in [3.63, 3.8) is 0 Å². The minimum absolute atomic E-state index is 0.0888. The number of anilines is 1. The SMILES string of the molecule is O=C(Cc1ccc([N+](=O)[O-])cc1[N+](=O)[O-])Nc1ccc(OCc2ccccc2)cc1. The van der Waals surface area contributed by atoms with Crippen LogP contribution in [-0.2, 0) is 17.8 Å². The molecule has 0 aliphatic heterocycles. The quantitative estimate of drug-likeness (QED) is 0.439. The number of nitro benzene ring substituents is 2. The van der Waals surface area contributed by atoms with Crippen LogP contribution in [0.4, 0.5) is 17.1 Å². The van der Waals surface area contributed by atoms with Crippen LogP contribution >= 0.6 is 0 Å². The van der Waals surface area contributed by atoms with Crippen molar-refractivity contribution in [3.05, 3.63) is 104 Å². The van der Waals surface area contributed by atoms with Crippen molar-refractivity contribution < 1.29 is 19.4 Å². The number of hydrogen-bond acceptors (Lipinski definition) is 6. The van der Waals surface area contributed by atoms with Gasteiger partial charge in [-0.3, -0.25) is 25.0 Å². The molecular formula is C21H17N3O6. The van der Waals surface area contributed by atoms with Crippen LogP contribution in [0.1, 0.15) is 11.1 Å². The van der Waals surface area contributed by atoms with E-state index in [1.807, 2.05) is 30.3 Å². The fourth-order valence-corrected chi connectivity index (χ4v) is 2.74. The monoisotopic (exact) mass is 407 g/mol. The lowest BCUT2D eigenvalue weighted by molar-refractivity contribution is -0.394. The first kappa shape index (κ1) is 20.5. The van der Waals surface area contributed by atoms with Crippen molar-refractivity contribution in [2.75, 3.05) is 5.32 Å². The van der Waals surface area contributed by atoms with Gasteiger partial charge in [0.1, 0.15) is 12.4 Å². The second-order valence-electron chi connectivity index (χ2n) is 6.35. The third-order valence-corrected chi connectivity index (χ3v) is 4.21. The van der Waals surface area contributed by atoms with Crippen LogP contribution in [0, 0.1) is 20.2 Å². The molecule has 30 heavy (non-hydrogen) atoms. The van der Waals surface area contributed by atoms with Gasteiger partial charge >= 0.3 is 0 Å². The Morgan fingerprint density at radius 3 is 2.23 bits per heavy atom. The fourth-order valence-electron chi connectivity index (χ4n) is 2.74. The molecule has 3 aromatic rings. The summed E-state index contributed by atoms with van der Waals surface area (Å²) in [7, 11) is 0. The smallest absolute Gasteiger partial charge is 0.279 e. The number of nitro groups is 2. The Morgan fingerprint density at radius 2 is 1.60 bits per heavy atom. The highest BCUT2D eigenvalue weighted by Crippen LogP contribution is 2.25. The zero-order valence-electron chi connectivity index (χ0n) is 15.7. The van der Waals surface area contributed by atoms with Gasteiger partial charge < -0.3 is 10.1 Å².